The van der Waals surface area contributed by atoms with Gasteiger partial charge >= 0.3 is 0 Å². The number of benzene rings is 2. The lowest BCUT2D eigenvalue weighted by molar-refractivity contribution is -0.110. The van der Waals surface area contributed by atoms with Gasteiger partial charge in [-0.1, -0.05) is 18.2 Å². The molecule has 1 fully saturated rings. The Kier molecular flexibility index (Phi) is 6.19. The summed E-state index contributed by atoms with van der Waals surface area (Å²) in [5.41, 5.74) is 7.69. The van der Waals surface area contributed by atoms with E-state index in [9.17, 15) is 9.59 Å². The molecule has 39 heavy (non-hydrogen) atoms. The Labute approximate surface area is 227 Å². The minimum atomic E-state index is -0.181. The molecule has 2 aromatic carbocycles. The van der Waals surface area contributed by atoms with Crippen LogP contribution >= 0.6 is 0 Å². The number of hydrogen-bond donors (Lipinski definition) is 2. The molecule has 6 rings (SSSR count). The summed E-state index contributed by atoms with van der Waals surface area (Å²) in [5.74, 6) is 1.08. The molecule has 4 aromatic rings. The fourth-order valence-corrected chi connectivity index (χ4v) is 5.39. The van der Waals surface area contributed by atoms with Crippen LogP contribution in [0.3, 0.4) is 0 Å². The number of carbonyl (C=O) groups excluding carboxylic acids is 2. The SMILES string of the molecule is Cc1nc(-c2ccccc2)oc1-c1ccc2c(c1)/C(=C/c1[nH]c(C)c(C(=O)N3CCN(C)CC3)c1C)C(=O)N2. The highest BCUT2D eigenvalue weighted by Crippen LogP contribution is 2.38. The van der Waals surface area contributed by atoms with Crippen LogP contribution in [-0.2, 0) is 4.79 Å². The molecule has 2 N–H and O–H groups in total. The molecule has 0 unspecified atom stereocenters. The number of aryl methyl sites for hydroxylation is 2. The molecule has 198 valence electrons. The molecule has 2 aromatic heterocycles. The molecule has 1 saturated heterocycles. The first-order valence-corrected chi connectivity index (χ1v) is 13.2. The summed E-state index contributed by atoms with van der Waals surface area (Å²) in [7, 11) is 2.07. The first kappa shape index (κ1) is 24.9. The van der Waals surface area contributed by atoms with Crippen molar-refractivity contribution in [3.8, 4) is 22.8 Å². The second-order valence-electron chi connectivity index (χ2n) is 10.3. The van der Waals surface area contributed by atoms with E-state index in [0.29, 0.717) is 35.9 Å². The predicted octanol–water partition coefficient (Wildman–Crippen LogP) is 5.14. The van der Waals surface area contributed by atoms with Gasteiger partial charge in [0.1, 0.15) is 0 Å². The highest BCUT2D eigenvalue weighted by molar-refractivity contribution is 6.35. The van der Waals surface area contributed by atoms with Crippen LogP contribution in [0.15, 0.2) is 52.9 Å². The number of rotatable bonds is 4. The maximum Gasteiger partial charge on any atom is 0.256 e. The molecular formula is C31H31N5O3. The van der Waals surface area contributed by atoms with Gasteiger partial charge in [-0.3, -0.25) is 9.59 Å². The Hall–Kier alpha value is -4.43. The molecule has 0 saturated carbocycles. The summed E-state index contributed by atoms with van der Waals surface area (Å²) in [6.07, 6.45) is 1.84. The molecule has 0 aliphatic carbocycles. The van der Waals surface area contributed by atoms with Gasteiger partial charge < -0.3 is 24.5 Å². The Morgan fingerprint density at radius 3 is 2.49 bits per heavy atom. The number of amides is 2. The molecule has 2 amide bonds. The number of piperazine rings is 1. The number of H-pyrrole nitrogens is 1. The van der Waals surface area contributed by atoms with Crippen molar-refractivity contribution in [1.82, 2.24) is 19.8 Å². The standard InChI is InChI=1S/C31H31N5O3/c1-18-26(32-19(2)27(18)31(38)36-14-12-35(4)13-15-36)17-24-23-16-22(10-11-25(23)34-29(24)37)28-20(3)33-30(39-28)21-8-6-5-7-9-21/h5-11,16-17,32H,12-15H2,1-4H3,(H,34,37)/b24-17-. The van der Waals surface area contributed by atoms with Crippen molar-refractivity contribution in [3.05, 3.63) is 82.3 Å². The predicted molar refractivity (Wildman–Crippen MR) is 152 cm³/mol. The van der Waals surface area contributed by atoms with Crippen molar-refractivity contribution in [1.29, 1.82) is 0 Å². The largest absolute Gasteiger partial charge is 0.436 e. The Balaban J connectivity index is 1.34. The third-order valence-corrected chi connectivity index (χ3v) is 7.65. The normalized spacial score (nSPS) is 16.6. The minimum absolute atomic E-state index is 0.0348. The number of nitrogens with one attached hydrogen (secondary N) is 2. The zero-order valence-electron chi connectivity index (χ0n) is 22.6. The molecule has 2 aliphatic rings. The summed E-state index contributed by atoms with van der Waals surface area (Å²) in [5, 5.41) is 2.96. The summed E-state index contributed by atoms with van der Waals surface area (Å²) in [4.78, 5) is 38.5. The lowest BCUT2D eigenvalue weighted by Gasteiger charge is -2.32. The first-order chi connectivity index (χ1) is 18.8. The molecule has 8 heteroatoms. The van der Waals surface area contributed by atoms with E-state index < -0.39 is 0 Å². The van der Waals surface area contributed by atoms with E-state index in [0.717, 1.165) is 58.1 Å². The van der Waals surface area contributed by atoms with Crippen molar-refractivity contribution < 1.29 is 14.0 Å². The summed E-state index contributed by atoms with van der Waals surface area (Å²) < 4.78 is 6.17. The van der Waals surface area contributed by atoms with Gasteiger partial charge in [0.2, 0.25) is 5.89 Å². The third-order valence-electron chi connectivity index (χ3n) is 7.65. The maximum absolute atomic E-state index is 13.4. The van der Waals surface area contributed by atoms with Crippen molar-refractivity contribution >= 4 is 29.2 Å². The fourth-order valence-electron chi connectivity index (χ4n) is 5.39. The fraction of sp³-hybridized carbons (Fsp3) is 0.258. The number of aromatic amines is 1. The number of likely N-dealkylation sites (N-methyl/N-ethyl adjacent to an activating group) is 1. The summed E-state index contributed by atoms with van der Waals surface area (Å²) in [6, 6.07) is 15.6. The lowest BCUT2D eigenvalue weighted by atomic mass is 10.0. The summed E-state index contributed by atoms with van der Waals surface area (Å²) >= 11 is 0. The first-order valence-electron chi connectivity index (χ1n) is 13.2. The van der Waals surface area contributed by atoms with Crippen LogP contribution in [0.4, 0.5) is 5.69 Å². The Morgan fingerprint density at radius 2 is 1.74 bits per heavy atom. The third kappa shape index (κ3) is 4.46. The molecular weight excluding hydrogens is 490 g/mol. The second kappa shape index (κ2) is 9.71. The van der Waals surface area contributed by atoms with Gasteiger partial charge in [0.15, 0.2) is 5.76 Å². The molecule has 8 nitrogen and oxygen atoms in total. The van der Waals surface area contributed by atoms with Crippen molar-refractivity contribution in [3.63, 3.8) is 0 Å². The van der Waals surface area contributed by atoms with Crippen LogP contribution in [-0.4, -0.2) is 64.8 Å². The van der Waals surface area contributed by atoms with Crippen LogP contribution in [0.1, 0.15) is 38.6 Å². The molecule has 4 heterocycles. The molecule has 0 radical (unpaired) electrons. The van der Waals surface area contributed by atoms with E-state index in [-0.39, 0.29) is 11.8 Å². The van der Waals surface area contributed by atoms with Gasteiger partial charge in [-0.2, -0.15) is 0 Å². The van der Waals surface area contributed by atoms with Crippen LogP contribution in [0.2, 0.25) is 0 Å². The van der Waals surface area contributed by atoms with Gasteiger partial charge in [-0.25, -0.2) is 4.98 Å². The van der Waals surface area contributed by atoms with Gasteiger partial charge in [0, 0.05) is 59.9 Å². The van der Waals surface area contributed by atoms with Gasteiger partial charge in [-0.05, 0) is 69.8 Å². The Morgan fingerprint density at radius 1 is 1.00 bits per heavy atom. The number of carbonyl (C=O) groups is 2. The number of hydrogen-bond acceptors (Lipinski definition) is 5. The lowest BCUT2D eigenvalue weighted by Crippen LogP contribution is -2.47. The van der Waals surface area contributed by atoms with E-state index >= 15 is 0 Å². The zero-order valence-corrected chi connectivity index (χ0v) is 22.6. The molecule has 0 atom stereocenters. The van der Waals surface area contributed by atoms with Crippen molar-refractivity contribution in [2.75, 3.05) is 38.5 Å². The van der Waals surface area contributed by atoms with Crippen molar-refractivity contribution in [2.24, 2.45) is 0 Å². The van der Waals surface area contributed by atoms with Crippen LogP contribution in [0.25, 0.3) is 34.4 Å². The van der Waals surface area contributed by atoms with Crippen molar-refractivity contribution in [2.45, 2.75) is 20.8 Å². The van der Waals surface area contributed by atoms with Crippen LogP contribution in [0, 0.1) is 20.8 Å². The second-order valence-corrected chi connectivity index (χ2v) is 10.3. The van der Waals surface area contributed by atoms with E-state index in [1.165, 1.54) is 0 Å². The highest BCUT2D eigenvalue weighted by Gasteiger charge is 2.29. The average Bonchev–Trinajstić information content (AvgIpc) is 3.56. The number of aromatic nitrogens is 2. The minimum Gasteiger partial charge on any atom is -0.436 e. The monoisotopic (exact) mass is 521 g/mol. The quantitative estimate of drug-likeness (QED) is 0.363. The topological polar surface area (TPSA) is 94.5 Å². The maximum atomic E-state index is 13.4. The smallest absolute Gasteiger partial charge is 0.256 e. The van der Waals surface area contributed by atoms with Crippen LogP contribution < -0.4 is 5.32 Å². The number of oxazole rings is 1. The van der Waals surface area contributed by atoms with E-state index in [4.69, 9.17) is 4.42 Å². The summed E-state index contributed by atoms with van der Waals surface area (Å²) in [6.45, 7) is 8.91. The van der Waals surface area contributed by atoms with Gasteiger partial charge in [0.05, 0.1) is 16.8 Å². The van der Waals surface area contributed by atoms with Crippen LogP contribution in [0.5, 0.6) is 0 Å². The van der Waals surface area contributed by atoms with E-state index in [2.05, 4.69) is 27.2 Å². The zero-order chi connectivity index (χ0) is 27.3. The molecule has 0 bridgehead atoms. The average molecular weight is 522 g/mol. The van der Waals surface area contributed by atoms with Gasteiger partial charge in [-0.15, -0.1) is 0 Å². The number of fused-ring (bicyclic) bond motifs is 1. The molecule has 2 aliphatic heterocycles. The Bertz CT molecular complexity index is 1620. The number of anilines is 1. The van der Waals surface area contributed by atoms with Gasteiger partial charge in [0.25, 0.3) is 11.8 Å². The highest BCUT2D eigenvalue weighted by atomic mass is 16.4. The van der Waals surface area contributed by atoms with E-state index in [1.807, 2.05) is 80.3 Å². The molecule has 0 spiro atoms. The number of nitrogens with zero attached hydrogens (tertiary/aromatic N) is 3. The van der Waals surface area contributed by atoms with E-state index in [1.54, 1.807) is 0 Å².